The molecule has 0 bridgehead atoms. The van der Waals surface area contributed by atoms with E-state index in [2.05, 4.69) is 22.2 Å². The second-order valence-corrected chi connectivity index (χ2v) is 4.89. The Balaban J connectivity index is 1.82. The zero-order valence-electron chi connectivity index (χ0n) is 9.10. The lowest BCUT2D eigenvalue weighted by atomic mass is 10.3. The van der Waals surface area contributed by atoms with Gasteiger partial charge in [0.05, 0.1) is 13.1 Å². The molecule has 2 rings (SSSR count). The molecule has 1 N–H and O–H groups in total. The summed E-state index contributed by atoms with van der Waals surface area (Å²) in [6.07, 6.45) is 4.95. The summed E-state index contributed by atoms with van der Waals surface area (Å²) in [6.45, 7) is 3.91. The van der Waals surface area contributed by atoms with Crippen molar-refractivity contribution in [1.29, 1.82) is 0 Å². The number of aromatic nitrogens is 2. The van der Waals surface area contributed by atoms with Crippen molar-refractivity contribution in [3.8, 4) is 0 Å². The molecule has 0 radical (unpaired) electrons. The molecule has 1 aliphatic heterocycles. The summed E-state index contributed by atoms with van der Waals surface area (Å²) in [6, 6.07) is 0. The predicted molar refractivity (Wildman–Crippen MR) is 64.0 cm³/mol. The first-order valence-electron chi connectivity index (χ1n) is 5.20. The Bertz CT molecular complexity index is 358. The predicted octanol–water partition coefficient (Wildman–Crippen LogP) is 1.39. The Hall–Kier alpha value is -0.970. The number of hydrogen-bond donors (Lipinski definition) is 1. The average molecular weight is 224 g/mol. The quantitative estimate of drug-likeness (QED) is 0.843. The molecule has 0 fully saturated rings. The first-order valence-corrected chi connectivity index (χ1v) is 6.08. The van der Waals surface area contributed by atoms with Crippen molar-refractivity contribution in [2.24, 2.45) is 12.0 Å². The standard InChI is InChI=1S/C10H16N4S/c1-3-8-6-12-10(15-8)13-7-9-11-4-5-14(9)2/h4-5,8H,3,6-7H2,1-2H3,(H,12,13). The minimum atomic E-state index is 0.661. The van der Waals surface area contributed by atoms with Crippen molar-refractivity contribution >= 4 is 16.9 Å². The monoisotopic (exact) mass is 224 g/mol. The van der Waals surface area contributed by atoms with E-state index in [4.69, 9.17) is 0 Å². The number of rotatable bonds is 3. The van der Waals surface area contributed by atoms with Crippen molar-refractivity contribution in [3.63, 3.8) is 0 Å². The normalized spacial score (nSPS) is 20.4. The fourth-order valence-electron chi connectivity index (χ4n) is 1.45. The van der Waals surface area contributed by atoms with Gasteiger partial charge in [-0.2, -0.15) is 0 Å². The minimum Gasteiger partial charge on any atom is -0.358 e. The molecule has 0 saturated carbocycles. The summed E-state index contributed by atoms with van der Waals surface area (Å²) >= 11 is 1.84. The molecule has 1 aromatic heterocycles. The molecule has 2 heterocycles. The molecular weight excluding hydrogens is 208 g/mol. The Labute approximate surface area is 94.2 Å². The molecule has 0 amide bonds. The van der Waals surface area contributed by atoms with E-state index in [0.29, 0.717) is 5.25 Å². The second kappa shape index (κ2) is 4.70. The highest BCUT2D eigenvalue weighted by Crippen LogP contribution is 2.21. The van der Waals surface area contributed by atoms with Crippen LogP contribution in [0.3, 0.4) is 0 Å². The van der Waals surface area contributed by atoms with Crippen LogP contribution in [0.15, 0.2) is 17.4 Å². The van der Waals surface area contributed by atoms with Gasteiger partial charge in [0.25, 0.3) is 0 Å². The van der Waals surface area contributed by atoms with E-state index in [1.54, 1.807) is 0 Å². The zero-order chi connectivity index (χ0) is 10.7. The SMILES string of the molecule is CCC1CN=C(NCc2nccn2C)S1. The fourth-order valence-corrected chi connectivity index (χ4v) is 2.38. The maximum Gasteiger partial charge on any atom is 0.157 e. The van der Waals surface area contributed by atoms with Crippen molar-refractivity contribution in [3.05, 3.63) is 18.2 Å². The van der Waals surface area contributed by atoms with Crippen LogP contribution in [0.1, 0.15) is 19.2 Å². The van der Waals surface area contributed by atoms with E-state index in [1.807, 2.05) is 35.8 Å². The van der Waals surface area contributed by atoms with Crippen LogP contribution >= 0.6 is 11.8 Å². The molecule has 0 saturated heterocycles. The molecule has 0 aromatic carbocycles. The highest BCUT2D eigenvalue weighted by Gasteiger charge is 2.17. The van der Waals surface area contributed by atoms with Crippen LogP contribution in [0.2, 0.25) is 0 Å². The third kappa shape index (κ3) is 2.53. The number of aliphatic imine (C=N–C) groups is 1. The van der Waals surface area contributed by atoms with Crippen LogP contribution in [-0.2, 0) is 13.6 Å². The largest absolute Gasteiger partial charge is 0.358 e. The summed E-state index contributed by atoms with van der Waals surface area (Å²) in [5.41, 5.74) is 0. The Morgan fingerprint density at radius 2 is 2.53 bits per heavy atom. The summed E-state index contributed by atoms with van der Waals surface area (Å²) < 4.78 is 2.02. The van der Waals surface area contributed by atoms with Crippen LogP contribution in [-0.4, -0.2) is 26.5 Å². The summed E-state index contributed by atoms with van der Waals surface area (Å²) in [7, 11) is 2.00. The maximum absolute atomic E-state index is 4.45. The Morgan fingerprint density at radius 3 is 3.13 bits per heavy atom. The molecule has 82 valence electrons. The van der Waals surface area contributed by atoms with E-state index < -0.39 is 0 Å². The smallest absolute Gasteiger partial charge is 0.157 e. The van der Waals surface area contributed by atoms with Gasteiger partial charge in [-0.25, -0.2) is 4.98 Å². The topological polar surface area (TPSA) is 42.2 Å². The van der Waals surface area contributed by atoms with Crippen LogP contribution in [0.25, 0.3) is 0 Å². The first kappa shape index (κ1) is 10.5. The van der Waals surface area contributed by atoms with E-state index in [9.17, 15) is 0 Å². The molecule has 1 unspecified atom stereocenters. The van der Waals surface area contributed by atoms with E-state index in [0.717, 1.165) is 24.1 Å². The van der Waals surface area contributed by atoms with E-state index in [-0.39, 0.29) is 0 Å². The van der Waals surface area contributed by atoms with Gasteiger partial charge in [-0.3, -0.25) is 4.99 Å². The number of aryl methyl sites for hydroxylation is 1. The van der Waals surface area contributed by atoms with Gasteiger partial charge in [-0.15, -0.1) is 0 Å². The van der Waals surface area contributed by atoms with Crippen molar-refractivity contribution < 1.29 is 0 Å². The summed E-state index contributed by atoms with van der Waals surface area (Å²) in [5.74, 6) is 1.04. The highest BCUT2D eigenvalue weighted by atomic mass is 32.2. The number of thioether (sulfide) groups is 1. The lowest BCUT2D eigenvalue weighted by Gasteiger charge is -2.06. The van der Waals surface area contributed by atoms with E-state index in [1.165, 1.54) is 6.42 Å². The third-order valence-corrected chi connectivity index (χ3v) is 3.80. The van der Waals surface area contributed by atoms with Gasteiger partial charge >= 0.3 is 0 Å². The van der Waals surface area contributed by atoms with Gasteiger partial charge in [0, 0.05) is 24.7 Å². The van der Waals surface area contributed by atoms with Crippen LogP contribution in [0.5, 0.6) is 0 Å². The molecule has 0 spiro atoms. The Morgan fingerprint density at radius 1 is 1.67 bits per heavy atom. The number of amidine groups is 1. The molecule has 1 aromatic rings. The first-order chi connectivity index (χ1) is 7.29. The van der Waals surface area contributed by atoms with Gasteiger partial charge in [0.2, 0.25) is 0 Å². The number of hydrogen-bond acceptors (Lipinski definition) is 4. The van der Waals surface area contributed by atoms with Crippen molar-refractivity contribution in [1.82, 2.24) is 14.9 Å². The number of nitrogens with zero attached hydrogens (tertiary/aromatic N) is 3. The van der Waals surface area contributed by atoms with Crippen molar-refractivity contribution in [2.45, 2.75) is 25.1 Å². The van der Waals surface area contributed by atoms with Crippen molar-refractivity contribution in [2.75, 3.05) is 6.54 Å². The van der Waals surface area contributed by atoms with Crippen LogP contribution in [0.4, 0.5) is 0 Å². The molecule has 0 aliphatic carbocycles. The second-order valence-electron chi connectivity index (χ2n) is 3.60. The lowest BCUT2D eigenvalue weighted by molar-refractivity contribution is 0.753. The highest BCUT2D eigenvalue weighted by molar-refractivity contribution is 8.14. The molecular formula is C10H16N4S. The maximum atomic E-state index is 4.45. The molecule has 1 atom stereocenters. The summed E-state index contributed by atoms with van der Waals surface area (Å²) in [4.78, 5) is 8.70. The molecule has 15 heavy (non-hydrogen) atoms. The van der Waals surface area contributed by atoms with Gasteiger partial charge in [0.1, 0.15) is 5.82 Å². The zero-order valence-corrected chi connectivity index (χ0v) is 9.92. The van der Waals surface area contributed by atoms with Crippen LogP contribution < -0.4 is 5.32 Å². The lowest BCUT2D eigenvalue weighted by Crippen LogP contribution is -2.20. The number of imidazole rings is 1. The molecule has 1 aliphatic rings. The fraction of sp³-hybridized carbons (Fsp3) is 0.600. The van der Waals surface area contributed by atoms with E-state index >= 15 is 0 Å². The average Bonchev–Trinajstić information content (AvgIpc) is 2.84. The van der Waals surface area contributed by atoms with Gasteiger partial charge in [0.15, 0.2) is 5.17 Å². The summed E-state index contributed by atoms with van der Waals surface area (Å²) in [5, 5.41) is 5.04. The number of nitrogens with one attached hydrogen (secondary N) is 1. The van der Waals surface area contributed by atoms with Crippen LogP contribution in [0, 0.1) is 0 Å². The molecule has 5 heteroatoms. The molecule has 4 nitrogen and oxygen atoms in total. The van der Waals surface area contributed by atoms with Gasteiger partial charge in [-0.1, -0.05) is 18.7 Å². The Kier molecular flexibility index (Phi) is 3.30. The van der Waals surface area contributed by atoms with Gasteiger partial charge < -0.3 is 9.88 Å². The minimum absolute atomic E-state index is 0.661. The van der Waals surface area contributed by atoms with Gasteiger partial charge in [-0.05, 0) is 6.42 Å². The third-order valence-electron chi connectivity index (χ3n) is 2.49.